The smallest absolute Gasteiger partial charge is 0.0434 e. The summed E-state index contributed by atoms with van der Waals surface area (Å²) in [5.74, 6) is 0. The zero-order valence-corrected chi connectivity index (χ0v) is 34.7. The van der Waals surface area contributed by atoms with Crippen LogP contribution in [0.15, 0.2) is 146 Å². The summed E-state index contributed by atoms with van der Waals surface area (Å²) < 4.78 is 5.55. The number of hydrogen-bond acceptors (Lipinski definition) is 2. The molecule has 2 heterocycles. The molecule has 0 atom stereocenters. The van der Waals surface area contributed by atoms with Crippen LogP contribution in [0.3, 0.4) is 0 Å². The number of hydrogen-bond donors (Lipinski definition) is 0. The molecule has 0 radical (unpaired) electrons. The normalized spacial score (nSPS) is 14.5. The Balaban J connectivity index is 0.901. The molecule has 0 unspecified atom stereocenters. The van der Waals surface area contributed by atoms with Crippen molar-refractivity contribution in [3.05, 3.63) is 179 Å². The Labute approximate surface area is 353 Å². The Morgan fingerprint density at radius 3 is 0.966 bits per heavy atom. The first-order valence-corrected chi connectivity index (χ1v) is 23.2. The molecule has 0 aliphatic heterocycles. The third-order valence-electron chi connectivity index (χ3n) is 13.9. The molecule has 0 saturated heterocycles. The molecule has 59 heavy (non-hydrogen) atoms. The second-order valence-corrected chi connectivity index (χ2v) is 19.3. The van der Waals surface area contributed by atoms with Crippen LogP contribution in [0.4, 0.5) is 0 Å². The molecule has 0 fully saturated rings. The van der Waals surface area contributed by atoms with Gasteiger partial charge in [0.1, 0.15) is 0 Å². The molecular formula is C57H42S2. The SMILES string of the molecule is c1cc(-c2ccc3c(c2)CCCC3)c2sc3c(-c4ccc5c(c4)-c4cc(-c6cccc7c6sc6c(-c8ccc9c(c8)CCCC9)cccc67)ccc4C5)cccc3c2c1. The van der Waals surface area contributed by atoms with Crippen molar-refractivity contribution in [1.82, 2.24) is 0 Å². The third-order valence-corrected chi connectivity index (χ3v) is 16.5. The van der Waals surface area contributed by atoms with E-state index in [1.807, 2.05) is 22.7 Å². The van der Waals surface area contributed by atoms with Crippen LogP contribution >= 0.6 is 22.7 Å². The van der Waals surface area contributed by atoms with Crippen molar-refractivity contribution in [1.29, 1.82) is 0 Å². The van der Waals surface area contributed by atoms with Gasteiger partial charge in [-0.2, -0.15) is 0 Å². The average molecular weight is 791 g/mol. The second-order valence-electron chi connectivity index (χ2n) is 17.2. The van der Waals surface area contributed by atoms with Gasteiger partial charge in [-0.1, -0.05) is 133 Å². The summed E-state index contributed by atoms with van der Waals surface area (Å²) in [5.41, 5.74) is 22.5. The van der Waals surface area contributed by atoms with Crippen LogP contribution in [0.5, 0.6) is 0 Å². The Bertz CT molecular complexity index is 3140. The molecule has 3 aliphatic rings. The minimum atomic E-state index is 0.986. The van der Waals surface area contributed by atoms with E-state index in [2.05, 4.69) is 146 Å². The highest BCUT2D eigenvalue weighted by Gasteiger charge is 2.23. The van der Waals surface area contributed by atoms with Crippen LogP contribution < -0.4 is 0 Å². The monoisotopic (exact) mass is 790 g/mol. The molecule has 10 aromatic rings. The van der Waals surface area contributed by atoms with Crippen LogP contribution in [0.25, 0.3) is 96.0 Å². The van der Waals surface area contributed by atoms with Gasteiger partial charge in [-0.3, -0.25) is 0 Å². The van der Waals surface area contributed by atoms with E-state index in [1.165, 1.54) is 158 Å². The van der Waals surface area contributed by atoms with Crippen LogP contribution in [-0.4, -0.2) is 0 Å². The van der Waals surface area contributed by atoms with Gasteiger partial charge in [-0.25, -0.2) is 0 Å². The second kappa shape index (κ2) is 13.4. The maximum Gasteiger partial charge on any atom is 0.0434 e. The standard InChI is InChI=1S/C57H42S2/c1-3-11-36-29-38(23-21-34(36)9-1)44-13-5-17-48-50-19-7-15-46(56(50)58-54(44)48)42-27-25-40-31-41-26-28-43(33-53(41)52(40)32-42)47-16-8-20-51-49-18-6-14-45(55(49)59-57(47)51)39-24-22-35-10-2-4-12-37(35)30-39/h5-8,13-30,32-33H,1-4,9-12,31H2. The number of rotatable bonds is 4. The van der Waals surface area contributed by atoms with Gasteiger partial charge in [0.05, 0.1) is 0 Å². The van der Waals surface area contributed by atoms with E-state index in [4.69, 9.17) is 0 Å². The van der Waals surface area contributed by atoms with Crippen LogP contribution in [-0.2, 0) is 32.1 Å². The van der Waals surface area contributed by atoms with Gasteiger partial charge in [0.15, 0.2) is 0 Å². The van der Waals surface area contributed by atoms with Gasteiger partial charge >= 0.3 is 0 Å². The van der Waals surface area contributed by atoms with E-state index >= 15 is 0 Å². The highest BCUT2D eigenvalue weighted by Crippen LogP contribution is 2.48. The van der Waals surface area contributed by atoms with Crippen LogP contribution in [0, 0.1) is 0 Å². The first-order chi connectivity index (χ1) is 29.2. The van der Waals surface area contributed by atoms with Gasteiger partial charge in [-0.05, 0) is 159 Å². The van der Waals surface area contributed by atoms with E-state index < -0.39 is 0 Å². The summed E-state index contributed by atoms with van der Waals surface area (Å²) in [6.07, 6.45) is 11.1. The highest BCUT2D eigenvalue weighted by molar-refractivity contribution is 7.27. The van der Waals surface area contributed by atoms with Crippen LogP contribution in [0.1, 0.15) is 59.1 Å². The van der Waals surface area contributed by atoms with E-state index in [0.29, 0.717) is 0 Å². The van der Waals surface area contributed by atoms with Gasteiger partial charge in [0.2, 0.25) is 0 Å². The number of aryl methyl sites for hydroxylation is 4. The Morgan fingerprint density at radius 2 is 0.593 bits per heavy atom. The Kier molecular flexibility index (Phi) is 7.72. The predicted molar refractivity (Wildman–Crippen MR) is 255 cm³/mol. The summed E-state index contributed by atoms with van der Waals surface area (Å²) >= 11 is 3.94. The minimum Gasteiger partial charge on any atom is -0.134 e. The molecule has 2 aromatic heterocycles. The van der Waals surface area contributed by atoms with Crippen molar-refractivity contribution in [2.75, 3.05) is 0 Å². The molecule has 0 amide bonds. The lowest BCUT2D eigenvalue weighted by Crippen LogP contribution is -2.02. The van der Waals surface area contributed by atoms with Crippen molar-refractivity contribution < 1.29 is 0 Å². The average Bonchev–Trinajstić information content (AvgIpc) is 3.99. The topological polar surface area (TPSA) is 0 Å². The Hall–Kier alpha value is -5.80. The maximum absolute atomic E-state index is 2.49. The van der Waals surface area contributed by atoms with E-state index in [0.717, 1.165) is 6.42 Å². The summed E-state index contributed by atoms with van der Waals surface area (Å²) in [5, 5.41) is 5.44. The molecule has 3 aliphatic carbocycles. The largest absolute Gasteiger partial charge is 0.134 e. The molecule has 0 spiro atoms. The van der Waals surface area contributed by atoms with Gasteiger partial charge in [0.25, 0.3) is 0 Å². The number of benzene rings is 8. The van der Waals surface area contributed by atoms with E-state index in [-0.39, 0.29) is 0 Å². The zero-order valence-electron chi connectivity index (χ0n) is 33.0. The number of fused-ring (bicyclic) bond motifs is 11. The van der Waals surface area contributed by atoms with Crippen molar-refractivity contribution in [3.63, 3.8) is 0 Å². The fourth-order valence-corrected chi connectivity index (χ4v) is 13.6. The van der Waals surface area contributed by atoms with Crippen molar-refractivity contribution >= 4 is 63.0 Å². The number of thiophene rings is 2. The maximum atomic E-state index is 2.49. The van der Waals surface area contributed by atoms with Gasteiger partial charge in [0, 0.05) is 40.3 Å². The molecule has 2 heteroatoms. The van der Waals surface area contributed by atoms with Crippen molar-refractivity contribution in [3.8, 4) is 55.6 Å². The first kappa shape index (κ1) is 34.1. The van der Waals surface area contributed by atoms with Gasteiger partial charge < -0.3 is 0 Å². The molecule has 282 valence electrons. The fourth-order valence-electron chi connectivity index (χ4n) is 10.9. The molecule has 0 bridgehead atoms. The summed E-state index contributed by atoms with van der Waals surface area (Å²) in [4.78, 5) is 0. The Morgan fingerprint density at radius 1 is 0.271 bits per heavy atom. The van der Waals surface area contributed by atoms with Crippen LogP contribution in [0.2, 0.25) is 0 Å². The van der Waals surface area contributed by atoms with Gasteiger partial charge in [-0.15, -0.1) is 22.7 Å². The summed E-state index contributed by atoms with van der Waals surface area (Å²) in [6, 6.07) is 56.7. The van der Waals surface area contributed by atoms with Crippen molar-refractivity contribution in [2.24, 2.45) is 0 Å². The van der Waals surface area contributed by atoms with E-state index in [1.54, 1.807) is 22.3 Å². The van der Waals surface area contributed by atoms with Crippen molar-refractivity contribution in [2.45, 2.75) is 57.8 Å². The lowest BCUT2D eigenvalue weighted by molar-refractivity contribution is 0.686. The minimum absolute atomic E-state index is 0.986. The molecule has 0 saturated carbocycles. The lowest BCUT2D eigenvalue weighted by atomic mass is 9.89. The zero-order chi connectivity index (χ0) is 38.6. The molecular weight excluding hydrogens is 749 g/mol. The third kappa shape index (κ3) is 5.39. The fraction of sp³-hybridized carbons (Fsp3) is 0.158. The summed E-state index contributed by atoms with van der Waals surface area (Å²) in [7, 11) is 0. The van der Waals surface area contributed by atoms with E-state index in [9.17, 15) is 0 Å². The summed E-state index contributed by atoms with van der Waals surface area (Å²) in [6.45, 7) is 0. The highest BCUT2D eigenvalue weighted by atomic mass is 32.1. The first-order valence-electron chi connectivity index (χ1n) is 21.6. The molecule has 0 nitrogen and oxygen atoms in total. The quantitative estimate of drug-likeness (QED) is 0.167. The predicted octanol–water partition coefficient (Wildman–Crippen LogP) is 16.4. The molecule has 0 N–H and O–H groups in total. The molecule has 8 aromatic carbocycles. The lowest BCUT2D eigenvalue weighted by Gasteiger charge is -2.17. The molecule has 13 rings (SSSR count).